The van der Waals surface area contributed by atoms with Crippen LogP contribution in [0.1, 0.15) is 35.6 Å². The fourth-order valence-electron chi connectivity index (χ4n) is 5.55. The van der Waals surface area contributed by atoms with Crippen molar-refractivity contribution in [3.63, 3.8) is 0 Å². The van der Waals surface area contributed by atoms with E-state index in [-0.39, 0.29) is 48.1 Å². The molecule has 12 heteroatoms. The first kappa shape index (κ1) is 29.1. The topological polar surface area (TPSA) is 134 Å². The maximum Gasteiger partial charge on any atom is 0.305 e. The van der Waals surface area contributed by atoms with Crippen molar-refractivity contribution in [1.29, 1.82) is 0 Å². The van der Waals surface area contributed by atoms with Crippen LogP contribution in [0.25, 0.3) is 22.4 Å². The van der Waals surface area contributed by atoms with Crippen LogP contribution in [0, 0.1) is 5.82 Å². The Kier molecular flexibility index (Phi) is 7.42. The Morgan fingerprint density at radius 2 is 1.86 bits per heavy atom. The van der Waals surface area contributed by atoms with E-state index < -0.39 is 5.41 Å². The van der Waals surface area contributed by atoms with E-state index in [4.69, 9.17) is 36.9 Å². The highest BCUT2D eigenvalue weighted by Crippen LogP contribution is 2.45. The number of nitrogen functional groups attached to an aromatic ring is 1. The minimum atomic E-state index is -1.16. The highest BCUT2D eigenvalue weighted by atomic mass is 35.5. The van der Waals surface area contributed by atoms with Gasteiger partial charge in [0.15, 0.2) is 5.82 Å². The van der Waals surface area contributed by atoms with E-state index in [1.807, 2.05) is 24.3 Å². The molecule has 0 radical (unpaired) electrons. The summed E-state index contributed by atoms with van der Waals surface area (Å²) in [6, 6.07) is 17.3. The predicted molar refractivity (Wildman–Crippen MR) is 164 cm³/mol. The van der Waals surface area contributed by atoms with E-state index >= 15 is 0 Å². The van der Waals surface area contributed by atoms with Crippen LogP contribution in [0.4, 0.5) is 16.0 Å². The van der Waals surface area contributed by atoms with Crippen molar-refractivity contribution < 1.29 is 23.5 Å². The molecule has 10 nitrogen and oxygen atoms in total. The summed E-state index contributed by atoms with van der Waals surface area (Å²) in [6.45, 7) is 1.89. The third-order valence-corrected chi connectivity index (χ3v) is 8.31. The van der Waals surface area contributed by atoms with Crippen LogP contribution >= 0.6 is 11.6 Å². The van der Waals surface area contributed by atoms with Gasteiger partial charge in [0.05, 0.1) is 36.9 Å². The maximum atomic E-state index is 14.6. The summed E-state index contributed by atoms with van der Waals surface area (Å²) in [7, 11) is 2.86. The standard InChI is InChI=1S/C32H28ClFN6O4/c1-32(19-11-8-17(9-12-19)10-13-25(41)44-3)26-28(35)36-30(37-29(26)38-31(32)42)27-20-14-24(43-2)21(33)15-23(20)40(39-27)16-18-6-4-5-7-22(18)34/h4-9,11-12,14-15H,10,13,16H2,1-3H3,(H3,35,36,37,38,42)/t32-/m0/s1. The number of anilines is 2. The molecule has 3 heterocycles. The Bertz CT molecular complexity index is 1940. The van der Waals surface area contributed by atoms with Crippen molar-refractivity contribution >= 4 is 46.0 Å². The first-order valence-corrected chi connectivity index (χ1v) is 14.1. The molecule has 0 bridgehead atoms. The van der Waals surface area contributed by atoms with Gasteiger partial charge in [0.2, 0.25) is 5.91 Å². The van der Waals surface area contributed by atoms with Gasteiger partial charge in [-0.05, 0) is 42.7 Å². The minimum Gasteiger partial charge on any atom is -0.495 e. The van der Waals surface area contributed by atoms with Gasteiger partial charge in [-0.2, -0.15) is 5.10 Å². The zero-order chi connectivity index (χ0) is 31.2. The average molecular weight is 615 g/mol. The number of ether oxygens (including phenoxy) is 2. The molecule has 1 amide bonds. The van der Waals surface area contributed by atoms with Gasteiger partial charge in [-0.25, -0.2) is 14.4 Å². The average Bonchev–Trinajstić information content (AvgIpc) is 3.50. The van der Waals surface area contributed by atoms with E-state index in [1.165, 1.54) is 20.3 Å². The fourth-order valence-corrected chi connectivity index (χ4v) is 5.78. The lowest BCUT2D eigenvalue weighted by Gasteiger charge is -2.23. The Balaban J connectivity index is 1.42. The molecule has 0 spiro atoms. The number of hydrogen-bond acceptors (Lipinski definition) is 8. The van der Waals surface area contributed by atoms with Gasteiger partial charge < -0.3 is 20.5 Å². The molecule has 1 aliphatic rings. The molecule has 0 saturated heterocycles. The highest BCUT2D eigenvalue weighted by molar-refractivity contribution is 6.33. The van der Waals surface area contributed by atoms with Crippen LogP contribution < -0.4 is 15.8 Å². The SMILES string of the molecule is COC(=O)CCc1ccc([C@]2(C)C(=O)Nc3nc(-c4nn(Cc5ccccc5F)c5cc(Cl)c(OC)cc45)nc(N)c32)cc1. The summed E-state index contributed by atoms with van der Waals surface area (Å²) >= 11 is 6.46. The Labute approximate surface area is 257 Å². The monoisotopic (exact) mass is 614 g/mol. The van der Waals surface area contributed by atoms with Crippen molar-refractivity contribution in [2.24, 2.45) is 0 Å². The number of nitrogens with two attached hydrogens (primary N) is 1. The third kappa shape index (κ3) is 4.88. The highest BCUT2D eigenvalue weighted by Gasteiger charge is 2.47. The van der Waals surface area contributed by atoms with Crippen LogP contribution in [0.5, 0.6) is 5.75 Å². The van der Waals surface area contributed by atoms with Crippen molar-refractivity contribution in [3.8, 4) is 17.3 Å². The smallest absolute Gasteiger partial charge is 0.305 e. The van der Waals surface area contributed by atoms with Crippen LogP contribution in [-0.2, 0) is 32.7 Å². The number of aryl methyl sites for hydroxylation is 1. The normalized spacial score (nSPS) is 15.7. The van der Waals surface area contributed by atoms with Gasteiger partial charge in [-0.3, -0.25) is 14.3 Å². The Morgan fingerprint density at radius 3 is 2.57 bits per heavy atom. The summed E-state index contributed by atoms with van der Waals surface area (Å²) in [5.74, 6) is -0.00482. The number of carbonyl (C=O) groups is 2. The van der Waals surface area contributed by atoms with E-state index in [0.29, 0.717) is 50.5 Å². The Hall–Kier alpha value is -5.03. The predicted octanol–water partition coefficient (Wildman–Crippen LogP) is 5.29. The molecule has 224 valence electrons. The number of hydrogen-bond donors (Lipinski definition) is 2. The molecule has 44 heavy (non-hydrogen) atoms. The van der Waals surface area contributed by atoms with E-state index in [0.717, 1.165) is 5.56 Å². The van der Waals surface area contributed by atoms with Crippen molar-refractivity contribution in [1.82, 2.24) is 19.7 Å². The fraction of sp³-hybridized carbons (Fsp3) is 0.219. The molecule has 1 atom stereocenters. The second kappa shape index (κ2) is 11.2. The summed E-state index contributed by atoms with van der Waals surface area (Å²) < 4.78 is 26.4. The summed E-state index contributed by atoms with van der Waals surface area (Å²) in [4.78, 5) is 34.3. The molecule has 0 aliphatic carbocycles. The molecule has 3 N–H and O–H groups in total. The number of esters is 1. The molecule has 5 aromatic rings. The van der Waals surface area contributed by atoms with Gasteiger partial charge in [-0.15, -0.1) is 0 Å². The quantitative estimate of drug-likeness (QED) is 0.225. The number of aromatic nitrogens is 4. The summed E-state index contributed by atoms with van der Waals surface area (Å²) in [5.41, 5.74) is 8.87. The maximum absolute atomic E-state index is 14.6. The lowest BCUT2D eigenvalue weighted by molar-refractivity contribution is -0.140. The van der Waals surface area contributed by atoms with Crippen LogP contribution in [0.3, 0.4) is 0 Å². The Morgan fingerprint density at radius 1 is 1.11 bits per heavy atom. The zero-order valence-electron chi connectivity index (χ0n) is 24.1. The third-order valence-electron chi connectivity index (χ3n) is 8.01. The number of halogens is 2. The largest absolute Gasteiger partial charge is 0.495 e. The molecule has 0 unspecified atom stereocenters. The second-order valence-corrected chi connectivity index (χ2v) is 11.0. The molecule has 3 aromatic carbocycles. The van der Waals surface area contributed by atoms with Gasteiger partial charge in [-0.1, -0.05) is 54.1 Å². The molecular formula is C32H28ClFN6O4. The number of amides is 1. The number of nitrogens with zero attached hydrogens (tertiary/aromatic N) is 4. The van der Waals surface area contributed by atoms with Gasteiger partial charge in [0.1, 0.15) is 34.3 Å². The molecular weight excluding hydrogens is 587 g/mol. The second-order valence-electron chi connectivity index (χ2n) is 10.6. The summed E-state index contributed by atoms with van der Waals surface area (Å²) in [6.07, 6.45) is 0.761. The van der Waals surface area contributed by atoms with E-state index in [9.17, 15) is 14.0 Å². The van der Waals surface area contributed by atoms with Gasteiger partial charge in [0, 0.05) is 17.4 Å². The van der Waals surface area contributed by atoms with Crippen LogP contribution in [0.2, 0.25) is 5.02 Å². The minimum absolute atomic E-state index is 0.110. The lowest BCUT2D eigenvalue weighted by Crippen LogP contribution is -2.33. The van der Waals surface area contributed by atoms with Crippen LogP contribution in [-0.4, -0.2) is 45.8 Å². The first-order valence-electron chi connectivity index (χ1n) is 13.8. The number of carbonyl (C=O) groups excluding carboxylic acids is 2. The van der Waals surface area contributed by atoms with Crippen molar-refractivity contribution in [2.75, 3.05) is 25.3 Å². The summed E-state index contributed by atoms with van der Waals surface area (Å²) in [5, 5.41) is 8.58. The van der Waals surface area contributed by atoms with Crippen molar-refractivity contribution in [2.45, 2.75) is 31.7 Å². The lowest BCUT2D eigenvalue weighted by atomic mass is 9.77. The number of fused-ring (bicyclic) bond motifs is 2. The van der Waals surface area contributed by atoms with Crippen molar-refractivity contribution in [3.05, 3.63) is 93.8 Å². The molecule has 0 fully saturated rings. The molecule has 1 aliphatic heterocycles. The molecule has 6 rings (SSSR count). The van der Waals surface area contributed by atoms with Gasteiger partial charge >= 0.3 is 5.97 Å². The zero-order valence-corrected chi connectivity index (χ0v) is 24.9. The molecule has 0 saturated carbocycles. The van der Waals surface area contributed by atoms with E-state index in [2.05, 4.69) is 10.3 Å². The number of methoxy groups -OCH3 is 2. The number of rotatable bonds is 8. The first-order chi connectivity index (χ1) is 21.1. The number of benzene rings is 3. The van der Waals surface area contributed by atoms with Gasteiger partial charge in [0.25, 0.3) is 0 Å². The van der Waals surface area contributed by atoms with E-state index in [1.54, 1.807) is 41.9 Å². The van der Waals surface area contributed by atoms with Crippen LogP contribution in [0.15, 0.2) is 60.7 Å². The number of nitrogens with one attached hydrogen (secondary N) is 1. The molecule has 2 aromatic heterocycles.